The first-order valence-electron chi connectivity index (χ1n) is 8.35. The number of carbonyl (C=O) groups is 1. The second kappa shape index (κ2) is 7.05. The zero-order valence-electron chi connectivity index (χ0n) is 14.3. The lowest BCUT2D eigenvalue weighted by atomic mass is 10.0. The third-order valence-corrected chi connectivity index (χ3v) is 4.21. The van der Waals surface area contributed by atoms with E-state index in [0.717, 1.165) is 30.9 Å². The van der Waals surface area contributed by atoms with Crippen LogP contribution in [-0.2, 0) is 6.61 Å². The van der Waals surface area contributed by atoms with E-state index >= 15 is 0 Å². The van der Waals surface area contributed by atoms with Crippen molar-refractivity contribution < 1.29 is 9.53 Å². The average Bonchev–Trinajstić information content (AvgIpc) is 2.60. The van der Waals surface area contributed by atoms with Gasteiger partial charge in [0.25, 0.3) is 5.91 Å². The molecule has 1 aliphatic heterocycles. The highest BCUT2D eigenvalue weighted by atomic mass is 16.5. The van der Waals surface area contributed by atoms with Gasteiger partial charge >= 0.3 is 0 Å². The van der Waals surface area contributed by atoms with Crippen LogP contribution in [-0.4, -0.2) is 36.0 Å². The largest absolute Gasteiger partial charge is 0.489 e. The summed E-state index contributed by atoms with van der Waals surface area (Å²) in [7, 11) is 0. The van der Waals surface area contributed by atoms with E-state index < -0.39 is 0 Å². The summed E-state index contributed by atoms with van der Waals surface area (Å²) in [6, 6.07) is 17.5. The minimum atomic E-state index is -0.0351. The van der Waals surface area contributed by atoms with E-state index in [2.05, 4.69) is 19.2 Å². The highest BCUT2D eigenvalue weighted by Gasteiger charge is 2.28. The Bertz CT molecular complexity index is 681. The molecule has 0 atom stereocenters. The number of hydrogen-bond donors (Lipinski definition) is 1. The Hall–Kier alpha value is -2.33. The number of carbonyl (C=O) groups excluding carboxylic acids is 1. The number of nitrogens with one attached hydrogen (secondary N) is 1. The van der Waals surface area contributed by atoms with E-state index in [0.29, 0.717) is 12.2 Å². The van der Waals surface area contributed by atoms with Gasteiger partial charge in [-0.25, -0.2) is 0 Å². The first-order chi connectivity index (χ1) is 11.5. The van der Waals surface area contributed by atoms with Gasteiger partial charge in [0.2, 0.25) is 0 Å². The van der Waals surface area contributed by atoms with E-state index in [-0.39, 0.29) is 11.4 Å². The second-order valence-electron chi connectivity index (χ2n) is 6.84. The minimum Gasteiger partial charge on any atom is -0.489 e. The molecule has 0 aliphatic carbocycles. The summed E-state index contributed by atoms with van der Waals surface area (Å²) in [5.74, 6) is 0.857. The molecule has 1 heterocycles. The molecule has 0 bridgehead atoms. The molecule has 24 heavy (non-hydrogen) atoms. The Labute approximate surface area is 143 Å². The van der Waals surface area contributed by atoms with Crippen LogP contribution in [0.4, 0.5) is 0 Å². The minimum absolute atomic E-state index is 0.0351. The molecule has 1 N–H and O–H groups in total. The molecule has 1 aliphatic rings. The van der Waals surface area contributed by atoms with Crippen LogP contribution < -0.4 is 10.1 Å². The lowest BCUT2D eigenvalue weighted by molar-refractivity contribution is 0.0652. The molecule has 1 amide bonds. The molecule has 3 rings (SSSR count). The number of hydrogen-bond acceptors (Lipinski definition) is 3. The fraction of sp³-hybridized carbons (Fsp3) is 0.350. The summed E-state index contributed by atoms with van der Waals surface area (Å²) in [6.45, 7) is 7.06. The van der Waals surface area contributed by atoms with E-state index in [9.17, 15) is 4.79 Å². The zero-order valence-corrected chi connectivity index (χ0v) is 14.3. The van der Waals surface area contributed by atoms with Crippen molar-refractivity contribution in [3.05, 3.63) is 65.7 Å². The summed E-state index contributed by atoms with van der Waals surface area (Å²) < 4.78 is 5.77. The maximum atomic E-state index is 12.6. The number of amides is 1. The van der Waals surface area contributed by atoms with Crippen molar-refractivity contribution in [1.82, 2.24) is 10.2 Å². The monoisotopic (exact) mass is 324 g/mol. The van der Waals surface area contributed by atoms with Crippen molar-refractivity contribution in [2.24, 2.45) is 0 Å². The first kappa shape index (κ1) is 16.5. The molecule has 1 fully saturated rings. The van der Waals surface area contributed by atoms with Crippen molar-refractivity contribution in [3.8, 4) is 5.75 Å². The smallest absolute Gasteiger partial charge is 0.253 e. The lowest BCUT2D eigenvalue weighted by Crippen LogP contribution is -2.58. The van der Waals surface area contributed by atoms with Crippen molar-refractivity contribution in [2.45, 2.75) is 26.0 Å². The van der Waals surface area contributed by atoms with Crippen LogP contribution in [0.3, 0.4) is 0 Å². The van der Waals surface area contributed by atoms with E-state index in [4.69, 9.17) is 4.74 Å². The van der Waals surface area contributed by atoms with Gasteiger partial charge in [0.1, 0.15) is 12.4 Å². The highest BCUT2D eigenvalue weighted by Crippen LogP contribution is 2.18. The molecule has 0 spiro atoms. The summed E-state index contributed by atoms with van der Waals surface area (Å²) in [4.78, 5) is 14.5. The van der Waals surface area contributed by atoms with Gasteiger partial charge in [0, 0.05) is 30.7 Å². The fourth-order valence-electron chi connectivity index (χ4n) is 2.93. The van der Waals surface area contributed by atoms with Crippen molar-refractivity contribution >= 4 is 5.91 Å². The zero-order chi connectivity index (χ0) is 17.0. The molecule has 4 heteroatoms. The Morgan fingerprint density at radius 1 is 1.12 bits per heavy atom. The summed E-state index contributed by atoms with van der Waals surface area (Å²) in [5, 5.41) is 3.42. The predicted octanol–water partition coefficient (Wildman–Crippen LogP) is 3.09. The number of benzene rings is 2. The van der Waals surface area contributed by atoms with Gasteiger partial charge < -0.3 is 15.0 Å². The van der Waals surface area contributed by atoms with Crippen molar-refractivity contribution in [2.75, 3.05) is 19.6 Å². The van der Waals surface area contributed by atoms with Gasteiger partial charge in [-0.1, -0.05) is 30.3 Å². The molecule has 126 valence electrons. The molecule has 0 aromatic heterocycles. The number of nitrogens with zero attached hydrogens (tertiary/aromatic N) is 1. The van der Waals surface area contributed by atoms with E-state index in [1.165, 1.54) is 0 Å². The van der Waals surface area contributed by atoms with Crippen LogP contribution in [0.1, 0.15) is 29.8 Å². The van der Waals surface area contributed by atoms with E-state index in [1.54, 1.807) is 0 Å². The van der Waals surface area contributed by atoms with E-state index in [1.807, 2.05) is 59.5 Å². The standard InChI is InChI=1S/C20H24N2O2/c1-20(2)15-22(13-12-21-20)19(23)17-8-10-18(11-9-17)24-14-16-6-4-3-5-7-16/h3-11,21H,12-15H2,1-2H3. The summed E-state index contributed by atoms with van der Waals surface area (Å²) in [6.07, 6.45) is 0. The molecule has 0 unspecified atom stereocenters. The van der Waals surface area contributed by atoms with Crippen molar-refractivity contribution in [1.29, 1.82) is 0 Å². The molecule has 2 aromatic rings. The molecular formula is C20H24N2O2. The second-order valence-corrected chi connectivity index (χ2v) is 6.84. The molecular weight excluding hydrogens is 300 g/mol. The fourth-order valence-corrected chi connectivity index (χ4v) is 2.93. The third kappa shape index (κ3) is 4.15. The number of ether oxygens (including phenoxy) is 1. The maximum Gasteiger partial charge on any atom is 0.253 e. The molecule has 0 radical (unpaired) electrons. The van der Waals surface area contributed by atoms with Crippen LogP contribution in [0, 0.1) is 0 Å². The normalized spacial score (nSPS) is 16.7. The molecule has 4 nitrogen and oxygen atoms in total. The van der Waals surface area contributed by atoms with Gasteiger partial charge in [-0.2, -0.15) is 0 Å². The van der Waals surface area contributed by atoms with Gasteiger partial charge in [0.05, 0.1) is 0 Å². The van der Waals surface area contributed by atoms with Crippen molar-refractivity contribution in [3.63, 3.8) is 0 Å². The van der Waals surface area contributed by atoms with Crippen LogP contribution in [0.2, 0.25) is 0 Å². The maximum absolute atomic E-state index is 12.6. The quantitative estimate of drug-likeness (QED) is 0.940. The van der Waals surface area contributed by atoms with Crippen LogP contribution in [0.5, 0.6) is 5.75 Å². The number of piperazine rings is 1. The Balaban J connectivity index is 1.60. The van der Waals surface area contributed by atoms with Gasteiger partial charge in [-0.3, -0.25) is 4.79 Å². The SMILES string of the molecule is CC1(C)CN(C(=O)c2ccc(OCc3ccccc3)cc2)CCN1. The van der Waals surface area contributed by atoms with Crippen LogP contribution in [0.15, 0.2) is 54.6 Å². The highest BCUT2D eigenvalue weighted by molar-refractivity contribution is 5.94. The Morgan fingerprint density at radius 2 is 1.83 bits per heavy atom. The summed E-state index contributed by atoms with van der Waals surface area (Å²) in [5.41, 5.74) is 1.80. The topological polar surface area (TPSA) is 41.6 Å². The first-order valence-corrected chi connectivity index (χ1v) is 8.35. The Kier molecular flexibility index (Phi) is 4.86. The average molecular weight is 324 g/mol. The Morgan fingerprint density at radius 3 is 2.50 bits per heavy atom. The van der Waals surface area contributed by atoms with Gasteiger partial charge in [-0.05, 0) is 43.7 Å². The van der Waals surface area contributed by atoms with Crippen LogP contribution in [0.25, 0.3) is 0 Å². The number of rotatable bonds is 4. The van der Waals surface area contributed by atoms with Gasteiger partial charge in [0.15, 0.2) is 0 Å². The lowest BCUT2D eigenvalue weighted by Gasteiger charge is -2.39. The third-order valence-electron chi connectivity index (χ3n) is 4.21. The van der Waals surface area contributed by atoms with Gasteiger partial charge in [-0.15, -0.1) is 0 Å². The van der Waals surface area contributed by atoms with Crippen LogP contribution >= 0.6 is 0 Å². The molecule has 1 saturated heterocycles. The molecule has 2 aromatic carbocycles. The molecule has 0 saturated carbocycles. The predicted molar refractivity (Wildman–Crippen MR) is 95.2 cm³/mol. The summed E-state index contributed by atoms with van der Waals surface area (Å²) >= 11 is 0.